The molecule has 0 radical (unpaired) electrons. The molecule has 20 aromatic rings. The van der Waals surface area contributed by atoms with Gasteiger partial charge in [-0.25, -0.2) is 102 Å². The molecule has 2 aliphatic heterocycles. The number of rotatable bonds is 23. The van der Waals surface area contributed by atoms with Crippen molar-refractivity contribution in [3.8, 4) is 0 Å². The summed E-state index contributed by atoms with van der Waals surface area (Å²) in [5.74, 6) is 1.84. The van der Waals surface area contributed by atoms with Crippen LogP contribution >= 0.6 is 56.7 Å². The van der Waals surface area contributed by atoms with E-state index in [2.05, 4.69) is 176 Å². The van der Waals surface area contributed by atoms with E-state index in [0.717, 1.165) is 190 Å². The van der Waals surface area contributed by atoms with Crippen molar-refractivity contribution in [1.29, 1.82) is 0 Å². The molecule has 22 rings (SSSR count). The van der Waals surface area contributed by atoms with E-state index in [9.17, 15) is 36.0 Å². The SMILES string of the molecule is CC(=O)Nc1cccc(Nc2ncc3ccc4nc(CN(C)C)sc4c3n2)c1.CC(=O)Nc1cccc(Nc2ncc3ccc4sc(C(=O)N5CCN(C(C)=O)CC5)nc4c3n2)c1.CN(C)Cc1nc2ccc3cnc(Nc4cccc(S(N)(=O)=O)c4)nc3c2s1.Cc1cc(C)cc(Nc2ncc3ccc4sc(CN(C)C)nc4c3n2)c1.NS(=O)(=O)c1cccc(Nc2ncc3ccc4sc(CN5CCNCC5)nc4c3n2)c1. The van der Waals surface area contributed by atoms with Gasteiger partial charge in [-0.3, -0.25) is 24.1 Å². The number of aryl methyl sites for hydroxylation is 2. The second-order valence-electron chi connectivity index (χ2n) is 35.9. The maximum atomic E-state index is 13.1. The van der Waals surface area contributed by atoms with Gasteiger partial charge in [0.05, 0.1) is 61.9 Å². The maximum Gasteiger partial charge on any atom is 0.282 e. The molecule has 756 valence electrons. The van der Waals surface area contributed by atoms with Crippen LogP contribution in [0.1, 0.15) is 61.7 Å². The Morgan fingerprint density at radius 1 is 0.358 bits per heavy atom. The van der Waals surface area contributed by atoms with Gasteiger partial charge in [-0.2, -0.15) is 0 Å². The molecule has 12 N–H and O–H groups in total. The van der Waals surface area contributed by atoms with Gasteiger partial charge in [-0.1, -0.05) is 30.3 Å². The highest BCUT2D eigenvalue weighted by atomic mass is 32.2. The molecule has 39 nitrogen and oxygen atoms in total. The summed E-state index contributed by atoms with van der Waals surface area (Å²) in [7, 11) is 4.61. The minimum atomic E-state index is -3.79. The van der Waals surface area contributed by atoms with E-state index in [1.165, 1.54) is 60.6 Å². The summed E-state index contributed by atoms with van der Waals surface area (Å²) in [6.07, 6.45) is 8.86. The Bertz CT molecular complexity index is 8670. The van der Waals surface area contributed by atoms with Gasteiger partial charge in [-0.05, 0) is 213 Å². The number of thiazole rings is 5. The van der Waals surface area contributed by atoms with Crippen molar-refractivity contribution in [3.63, 3.8) is 0 Å². The summed E-state index contributed by atoms with van der Waals surface area (Å²) in [4.78, 5) is 129. The van der Waals surface area contributed by atoms with E-state index in [4.69, 9.17) is 35.2 Å². The number of carbonyl (C=O) groups excluding carboxylic acids is 4. The van der Waals surface area contributed by atoms with E-state index in [-0.39, 0.29) is 33.4 Å². The molecule has 0 spiro atoms. The molecule has 46 heteroatoms. The molecule has 0 unspecified atom stereocenters. The van der Waals surface area contributed by atoms with Crippen LogP contribution in [0.15, 0.2) is 217 Å². The number of nitrogens with one attached hydrogen (secondary N) is 8. The third kappa shape index (κ3) is 25.7. The highest BCUT2D eigenvalue weighted by Crippen LogP contribution is 2.38. The summed E-state index contributed by atoms with van der Waals surface area (Å²) in [5.41, 5.74) is 15.7. The van der Waals surface area contributed by atoms with Crippen LogP contribution in [-0.2, 0) is 60.6 Å². The van der Waals surface area contributed by atoms with Gasteiger partial charge in [0.25, 0.3) is 5.91 Å². The van der Waals surface area contributed by atoms with Gasteiger partial charge in [-0.15, -0.1) is 56.7 Å². The Labute approximate surface area is 870 Å². The molecule has 2 aliphatic rings. The van der Waals surface area contributed by atoms with Crippen molar-refractivity contribution in [3.05, 3.63) is 243 Å². The van der Waals surface area contributed by atoms with Gasteiger partial charge in [0.2, 0.25) is 67.5 Å². The molecule has 148 heavy (non-hydrogen) atoms. The first-order valence-corrected chi connectivity index (χ1v) is 53.9. The number of aromatic nitrogens is 15. The molecule has 4 amide bonds. The molecule has 12 heterocycles. The second-order valence-corrected chi connectivity index (χ2v) is 44.4. The Morgan fingerprint density at radius 2 is 0.703 bits per heavy atom. The number of anilines is 12. The minimum Gasteiger partial charge on any atom is -0.339 e. The average molecular weight is 2120 g/mol. The fourth-order valence-electron chi connectivity index (χ4n) is 16.4. The quantitative estimate of drug-likeness (QED) is 0.0284. The van der Waals surface area contributed by atoms with E-state index >= 15 is 0 Å². The smallest absolute Gasteiger partial charge is 0.282 e. The number of nitrogens with zero attached hydrogens (tertiary/aromatic N) is 21. The molecule has 0 aliphatic carbocycles. The molecule has 0 saturated carbocycles. The van der Waals surface area contributed by atoms with E-state index in [0.29, 0.717) is 89.0 Å². The van der Waals surface area contributed by atoms with Crippen LogP contribution in [0.2, 0.25) is 0 Å². The Kier molecular flexibility index (Phi) is 31.3. The normalized spacial score (nSPS) is 13.0. The summed E-state index contributed by atoms with van der Waals surface area (Å²) >= 11 is 8.01. The number of amides is 4. The van der Waals surface area contributed by atoms with E-state index < -0.39 is 20.0 Å². The Morgan fingerprint density at radius 3 is 1.11 bits per heavy atom. The number of hydrogen-bond acceptors (Lipinski definition) is 38. The first-order valence-electron chi connectivity index (χ1n) is 46.7. The lowest BCUT2D eigenvalue weighted by molar-refractivity contribution is -0.130. The molecule has 10 aromatic heterocycles. The maximum absolute atomic E-state index is 13.1. The zero-order chi connectivity index (χ0) is 104. The number of fused-ring (bicyclic) bond motifs is 15. The minimum absolute atomic E-state index is 0.0227. The molecule has 0 bridgehead atoms. The van der Waals surface area contributed by atoms with Crippen LogP contribution < -0.4 is 52.8 Å². The van der Waals surface area contributed by atoms with Crippen molar-refractivity contribution >= 4 is 276 Å². The van der Waals surface area contributed by atoms with Crippen molar-refractivity contribution in [1.82, 2.24) is 109 Å². The van der Waals surface area contributed by atoms with Crippen molar-refractivity contribution in [2.24, 2.45) is 10.3 Å². The van der Waals surface area contributed by atoms with Gasteiger partial charge in [0, 0.05) is 190 Å². The van der Waals surface area contributed by atoms with Crippen LogP contribution in [0.3, 0.4) is 0 Å². The second kappa shape index (κ2) is 45.1. The lowest BCUT2D eigenvalue weighted by atomic mass is 10.1. The number of carbonyl (C=O) groups is 4. The van der Waals surface area contributed by atoms with E-state index in [1.54, 1.807) is 117 Å². The number of hydrogen-bond donors (Lipinski definition) is 10. The standard InChI is InChI=1S/C24H23N7O3S.C20H21N7O2S2.C20H20N6OS.C20H21N5S.C18H18N6O2S2/c1-14(32)26-17-4-3-5-18(12-17)27-24-25-13-16-6-7-19-21(20(16)29-24)28-22(35-19)23(34)31-10-8-30(9-11-31)15(2)33;21-31(28,29)15-3-1-2-14(10-15)24-20-23-11-13-4-5-16-19(18(13)26-20)25-17(30-16)12-27-8-6-22-7-9-27;1-12(27)22-14-5-4-6-15(9-14)23-20-21-10-13-7-8-16-19(18(13)25-20)28-17(24-16)11-26(2)3;1-12-7-13(2)9-15(8-12)22-20-21-10-14-5-6-16-19(18(14)24-20)23-17(26-16)11-25(3)4;1-24(2)10-15-22-14-7-6-11-9-20-18(23-16(11)17(14)27-15)21-12-4-3-5-13(8-12)28(19,25)26/h3-7,12-13H,8-11H2,1-2H3,(H,26,32)(H,25,27,29);1-5,10-11,22H,6-9,12H2,(H2,21,28,29)(H,23,24,26);4-10H,11H2,1-3H3,(H,22,27)(H,21,23,25);5-10H,11H2,1-4H3,(H,21,22,24);3-9H,10H2,1-2H3,(H2,19,25,26)(H,20,21,23). The predicted octanol–water partition coefficient (Wildman–Crippen LogP) is 16.6. The molecule has 0 atom stereocenters. The van der Waals surface area contributed by atoms with Gasteiger partial charge < -0.3 is 67.0 Å². The zero-order valence-corrected chi connectivity index (χ0v) is 88.0. The van der Waals surface area contributed by atoms with Gasteiger partial charge in [0.15, 0.2) is 5.01 Å². The number of piperazine rings is 2. The zero-order valence-electron chi connectivity index (χ0n) is 82.3. The summed E-state index contributed by atoms with van der Waals surface area (Å²) in [6, 6.07) is 53.5. The summed E-state index contributed by atoms with van der Waals surface area (Å²) < 4.78 is 51.5. The van der Waals surface area contributed by atoms with Crippen molar-refractivity contribution < 1.29 is 36.0 Å². The molecular weight excluding hydrogens is 2010 g/mol. The van der Waals surface area contributed by atoms with Crippen molar-refractivity contribution in [2.45, 2.75) is 70.6 Å². The first kappa shape index (κ1) is 103. The van der Waals surface area contributed by atoms with Gasteiger partial charge >= 0.3 is 0 Å². The fourth-order valence-corrected chi connectivity index (χ4v) is 23.0. The topological polar surface area (TPSA) is 498 Å². The number of benzene rings is 10. The average Bonchev–Trinajstić information content (AvgIpc) is 1.62. The van der Waals surface area contributed by atoms with Crippen LogP contribution in [0.4, 0.5) is 69.6 Å². The number of primary sulfonamides is 2. The van der Waals surface area contributed by atoms with Crippen LogP contribution in [-0.4, -0.2) is 239 Å². The first-order chi connectivity index (χ1) is 71.1. The Hall–Kier alpha value is -15.2. The van der Waals surface area contributed by atoms with Crippen LogP contribution in [0.25, 0.3) is 106 Å². The molecule has 2 saturated heterocycles. The van der Waals surface area contributed by atoms with Gasteiger partial charge in [0.1, 0.15) is 53.1 Å². The predicted molar refractivity (Wildman–Crippen MR) is 592 cm³/mol. The highest BCUT2D eigenvalue weighted by Gasteiger charge is 2.28. The highest BCUT2D eigenvalue weighted by molar-refractivity contribution is 7.89. The lowest BCUT2D eigenvalue weighted by Crippen LogP contribution is -2.50. The largest absolute Gasteiger partial charge is 0.339 e. The van der Waals surface area contributed by atoms with Crippen LogP contribution in [0, 0.1) is 13.8 Å². The number of nitrogens with two attached hydrogens (primary N) is 2. The molecular formula is C102H103N31O8S7. The Balaban J connectivity index is 0.000000121. The summed E-state index contributed by atoms with van der Waals surface area (Å²) in [6.45, 7) is 18.0. The van der Waals surface area contributed by atoms with Crippen molar-refractivity contribution in [2.75, 3.05) is 132 Å². The fraction of sp³-hybridized carbons (Fsp3) is 0.225. The summed E-state index contributed by atoms with van der Waals surface area (Å²) in [5, 5.41) is 44.4. The monoisotopic (exact) mass is 2110 g/mol. The third-order valence-electron chi connectivity index (χ3n) is 23.0. The van der Waals surface area contributed by atoms with Crippen LogP contribution in [0.5, 0.6) is 0 Å². The lowest BCUT2D eigenvalue weighted by Gasteiger charge is -2.33. The van der Waals surface area contributed by atoms with E-state index in [1.807, 2.05) is 119 Å². The molecule has 10 aromatic carbocycles. The molecule has 2 fully saturated rings. The number of sulfonamides is 2. The third-order valence-corrected chi connectivity index (χ3v) is 30.0.